The molecule has 2 aromatic heterocycles. The smallest absolute Gasteiger partial charge is 0.263 e. The van der Waals surface area contributed by atoms with Gasteiger partial charge in [0.15, 0.2) is 5.13 Å². The number of hydrogen-bond acceptors (Lipinski definition) is 8. The lowest BCUT2D eigenvalue weighted by atomic mass is 10.2. The van der Waals surface area contributed by atoms with E-state index in [4.69, 9.17) is 4.74 Å². The summed E-state index contributed by atoms with van der Waals surface area (Å²) in [7, 11) is -0.562. The average Bonchev–Trinajstić information content (AvgIpc) is 3.51. The van der Waals surface area contributed by atoms with Crippen molar-refractivity contribution in [2.45, 2.75) is 4.90 Å². The van der Waals surface area contributed by atoms with E-state index in [1.807, 2.05) is 6.07 Å². The van der Waals surface area contributed by atoms with Crippen molar-refractivity contribution in [3.05, 3.63) is 77.6 Å². The van der Waals surface area contributed by atoms with Crippen molar-refractivity contribution in [3.63, 3.8) is 0 Å². The number of carbonyl (C=O) groups is 1. The third-order valence-corrected chi connectivity index (χ3v) is 6.75. The lowest BCUT2D eigenvalue weighted by molar-refractivity contribution is 0.0827. The number of benzene rings is 2. The first-order chi connectivity index (χ1) is 16.3. The van der Waals surface area contributed by atoms with Crippen LogP contribution in [-0.2, 0) is 10.0 Å². The molecule has 0 saturated heterocycles. The van der Waals surface area contributed by atoms with Gasteiger partial charge < -0.3 is 9.64 Å². The van der Waals surface area contributed by atoms with Gasteiger partial charge in [0.25, 0.3) is 15.9 Å². The maximum Gasteiger partial charge on any atom is 0.263 e. The summed E-state index contributed by atoms with van der Waals surface area (Å²) in [5, 5.41) is 15.6. The predicted molar refractivity (Wildman–Crippen MR) is 126 cm³/mol. The quantitative estimate of drug-likeness (QED) is 0.416. The van der Waals surface area contributed by atoms with Gasteiger partial charge in [-0.05, 0) is 42.5 Å². The molecular formula is C22H18N6O4S2. The van der Waals surface area contributed by atoms with Gasteiger partial charge in [-0.3, -0.25) is 9.52 Å². The number of aromatic nitrogens is 3. The molecule has 1 N–H and O–H groups in total. The molecule has 4 aromatic rings. The zero-order valence-corrected chi connectivity index (χ0v) is 19.7. The molecule has 0 aliphatic rings. The number of hydrogen-bond donors (Lipinski definition) is 1. The summed E-state index contributed by atoms with van der Waals surface area (Å²) in [5.74, 6) is 0.498. The van der Waals surface area contributed by atoms with Crippen LogP contribution in [-0.4, -0.2) is 48.1 Å². The van der Waals surface area contributed by atoms with Crippen molar-refractivity contribution in [2.24, 2.45) is 0 Å². The first kappa shape index (κ1) is 23.0. The van der Waals surface area contributed by atoms with Crippen LogP contribution < -0.4 is 9.46 Å². The number of amides is 1. The Morgan fingerprint density at radius 2 is 1.97 bits per heavy atom. The fraction of sp³-hybridized carbons (Fsp3) is 0.0909. The highest BCUT2D eigenvalue weighted by Gasteiger charge is 2.18. The Bertz CT molecular complexity index is 1470. The molecule has 0 aliphatic heterocycles. The maximum atomic E-state index is 12.6. The van der Waals surface area contributed by atoms with E-state index in [0.717, 1.165) is 11.3 Å². The summed E-state index contributed by atoms with van der Waals surface area (Å²) >= 11 is 1.15. The Morgan fingerprint density at radius 1 is 1.21 bits per heavy atom. The van der Waals surface area contributed by atoms with Crippen molar-refractivity contribution >= 4 is 32.4 Å². The first-order valence-electron chi connectivity index (χ1n) is 9.78. The third-order valence-electron chi connectivity index (χ3n) is 4.60. The normalized spacial score (nSPS) is 11.0. The second kappa shape index (κ2) is 9.34. The Labute approximate surface area is 199 Å². The Morgan fingerprint density at radius 3 is 2.62 bits per heavy atom. The highest BCUT2D eigenvalue weighted by atomic mass is 32.2. The van der Waals surface area contributed by atoms with Gasteiger partial charge in [-0.25, -0.2) is 18.1 Å². The van der Waals surface area contributed by atoms with Gasteiger partial charge in [0.1, 0.15) is 17.6 Å². The molecule has 0 aliphatic carbocycles. The van der Waals surface area contributed by atoms with Crippen LogP contribution in [0.4, 0.5) is 5.13 Å². The van der Waals surface area contributed by atoms with Crippen LogP contribution >= 0.6 is 11.3 Å². The van der Waals surface area contributed by atoms with E-state index in [1.54, 1.807) is 54.6 Å². The van der Waals surface area contributed by atoms with E-state index in [1.165, 1.54) is 35.5 Å². The number of sulfonamides is 1. The minimum atomic E-state index is -3.90. The van der Waals surface area contributed by atoms with E-state index in [-0.39, 0.29) is 27.2 Å². The number of nitrogens with one attached hydrogen (secondary N) is 1. The number of anilines is 1. The number of ether oxygens (including phenoxy) is 1. The Balaban J connectivity index is 1.52. The van der Waals surface area contributed by atoms with E-state index in [9.17, 15) is 18.5 Å². The molecule has 0 fully saturated rings. The van der Waals surface area contributed by atoms with Gasteiger partial charge in [-0.15, -0.1) is 11.3 Å². The third kappa shape index (κ3) is 4.90. The molecule has 12 heteroatoms. The molecule has 4 rings (SSSR count). The summed E-state index contributed by atoms with van der Waals surface area (Å²) in [4.78, 5) is 17.3. The first-order valence-corrected chi connectivity index (χ1v) is 12.1. The number of thiazole rings is 1. The summed E-state index contributed by atoms with van der Waals surface area (Å²) in [6.07, 6.45) is 4.61. The Kier molecular flexibility index (Phi) is 6.31. The van der Waals surface area contributed by atoms with Crippen LogP contribution in [0, 0.1) is 11.3 Å². The second-order valence-corrected chi connectivity index (χ2v) is 9.76. The summed E-state index contributed by atoms with van der Waals surface area (Å²) in [5.41, 5.74) is 1.23. The predicted octanol–water partition coefficient (Wildman–Crippen LogP) is 3.50. The molecule has 0 unspecified atom stereocenters. The van der Waals surface area contributed by atoms with Crippen LogP contribution in [0.15, 0.2) is 71.3 Å². The molecule has 172 valence electrons. The lowest BCUT2D eigenvalue weighted by Gasteiger charge is -2.11. The van der Waals surface area contributed by atoms with Gasteiger partial charge in [-0.1, -0.05) is 0 Å². The minimum Gasteiger partial charge on any atom is -0.456 e. The monoisotopic (exact) mass is 494 g/mol. The minimum absolute atomic E-state index is 0.0602. The molecule has 2 heterocycles. The molecule has 0 atom stereocenters. The standard InChI is InChI=1S/C22H18N6O4S2/c1-27(2)21(29)16-13-25-28(14-16)17-3-5-18(6-4-17)32-20-8-7-19(11-15(20)12-23)34(30,31)26-22-24-9-10-33-22/h3-11,13-14H,1-2H3,(H,24,26). The van der Waals surface area contributed by atoms with Crippen LogP contribution in [0.3, 0.4) is 0 Å². The van der Waals surface area contributed by atoms with Crippen molar-refractivity contribution in [2.75, 3.05) is 18.8 Å². The zero-order valence-electron chi connectivity index (χ0n) is 18.0. The summed E-state index contributed by atoms with van der Waals surface area (Å²) in [6.45, 7) is 0. The van der Waals surface area contributed by atoms with Crippen LogP contribution in [0.2, 0.25) is 0 Å². The summed E-state index contributed by atoms with van der Waals surface area (Å²) < 4.78 is 34.9. The van der Waals surface area contributed by atoms with Gasteiger partial charge in [0, 0.05) is 31.9 Å². The molecule has 34 heavy (non-hydrogen) atoms. The second-order valence-electron chi connectivity index (χ2n) is 7.18. The fourth-order valence-corrected chi connectivity index (χ4v) is 4.74. The fourth-order valence-electron chi connectivity index (χ4n) is 2.93. The molecule has 1 amide bonds. The lowest BCUT2D eigenvalue weighted by Crippen LogP contribution is -2.21. The van der Waals surface area contributed by atoms with Crippen molar-refractivity contribution < 1.29 is 17.9 Å². The molecule has 0 bridgehead atoms. The molecule has 0 saturated carbocycles. The van der Waals surface area contributed by atoms with Crippen LogP contribution in [0.5, 0.6) is 11.5 Å². The van der Waals surface area contributed by atoms with Crippen LogP contribution in [0.1, 0.15) is 15.9 Å². The highest BCUT2D eigenvalue weighted by molar-refractivity contribution is 7.93. The number of nitrogens with zero attached hydrogens (tertiary/aromatic N) is 5. The number of carbonyl (C=O) groups excluding carboxylic acids is 1. The van der Waals surface area contributed by atoms with Crippen molar-refractivity contribution in [1.29, 1.82) is 5.26 Å². The summed E-state index contributed by atoms with van der Waals surface area (Å²) in [6, 6.07) is 12.8. The SMILES string of the molecule is CN(C)C(=O)c1cnn(-c2ccc(Oc3ccc(S(=O)(=O)Nc4nccs4)cc3C#N)cc2)c1. The zero-order chi connectivity index (χ0) is 24.3. The van der Waals surface area contributed by atoms with Gasteiger partial charge in [0.05, 0.1) is 27.9 Å². The molecule has 10 nitrogen and oxygen atoms in total. The number of nitriles is 1. The number of rotatable bonds is 7. The topological polar surface area (TPSA) is 130 Å². The van der Waals surface area contributed by atoms with Gasteiger partial charge >= 0.3 is 0 Å². The molecule has 0 radical (unpaired) electrons. The van der Waals surface area contributed by atoms with Gasteiger partial charge in [-0.2, -0.15) is 10.4 Å². The highest BCUT2D eigenvalue weighted by Crippen LogP contribution is 2.29. The van der Waals surface area contributed by atoms with Gasteiger partial charge in [0.2, 0.25) is 0 Å². The molecular weight excluding hydrogens is 476 g/mol. The Hall–Kier alpha value is -4.21. The van der Waals surface area contributed by atoms with E-state index >= 15 is 0 Å². The van der Waals surface area contributed by atoms with Crippen molar-refractivity contribution in [1.82, 2.24) is 19.7 Å². The van der Waals surface area contributed by atoms with E-state index in [0.29, 0.717) is 17.0 Å². The maximum absolute atomic E-state index is 12.6. The average molecular weight is 495 g/mol. The largest absolute Gasteiger partial charge is 0.456 e. The molecule has 0 spiro atoms. The van der Waals surface area contributed by atoms with Crippen LogP contribution in [0.25, 0.3) is 5.69 Å². The van der Waals surface area contributed by atoms with E-state index in [2.05, 4.69) is 14.8 Å². The van der Waals surface area contributed by atoms with Crippen molar-refractivity contribution in [3.8, 4) is 23.3 Å². The van der Waals surface area contributed by atoms with E-state index < -0.39 is 10.0 Å². The molecule has 2 aromatic carbocycles.